The molecule has 0 spiro atoms. The number of carbonyl (C=O) groups is 1. The molecule has 0 radical (unpaired) electrons. The maximum atomic E-state index is 12.1. The van der Waals surface area contributed by atoms with Crippen LogP contribution in [0.2, 0.25) is 0 Å². The molecular weight excluding hydrogens is 236 g/mol. The smallest absolute Gasteiger partial charge is 0.255 e. The van der Waals surface area contributed by atoms with E-state index in [0.29, 0.717) is 17.1 Å². The lowest BCUT2D eigenvalue weighted by atomic mass is 9.97. The van der Waals surface area contributed by atoms with Gasteiger partial charge in [-0.25, -0.2) is 0 Å². The highest BCUT2D eigenvalue weighted by atomic mass is 32.1. The number of thiocarbonyl (C=S) groups is 1. The maximum Gasteiger partial charge on any atom is 0.255 e. The molecule has 0 bridgehead atoms. The van der Waals surface area contributed by atoms with Crippen LogP contribution >= 0.6 is 12.2 Å². The summed E-state index contributed by atoms with van der Waals surface area (Å²) >= 11 is 4.99. The molecule has 1 aliphatic heterocycles. The van der Waals surface area contributed by atoms with Gasteiger partial charge in [0.15, 0.2) is 0 Å². The third kappa shape index (κ3) is 2.76. The number of piperidine rings is 1. The number of amides is 1. The molecule has 1 fully saturated rings. The van der Waals surface area contributed by atoms with Crippen molar-refractivity contribution in [1.82, 2.24) is 15.1 Å². The van der Waals surface area contributed by atoms with Gasteiger partial charge in [0.2, 0.25) is 0 Å². The average molecular weight is 250 g/mol. The first-order valence-corrected chi connectivity index (χ1v) is 5.94. The Morgan fingerprint density at radius 3 is 3.00 bits per heavy atom. The van der Waals surface area contributed by atoms with Crippen LogP contribution in [0.4, 0.5) is 0 Å². The Balaban J connectivity index is 2.07. The third-order valence-corrected chi connectivity index (χ3v) is 3.28. The van der Waals surface area contributed by atoms with Crippen LogP contribution in [-0.2, 0) is 0 Å². The van der Waals surface area contributed by atoms with Crippen molar-refractivity contribution >= 4 is 23.1 Å². The molecule has 2 heterocycles. The van der Waals surface area contributed by atoms with E-state index in [9.17, 15) is 4.79 Å². The van der Waals surface area contributed by atoms with Crippen LogP contribution in [0, 0.1) is 5.92 Å². The molecule has 1 atom stereocenters. The number of nitrogens with two attached hydrogens (primary N) is 1. The van der Waals surface area contributed by atoms with Crippen LogP contribution in [0.3, 0.4) is 0 Å². The molecule has 1 amide bonds. The van der Waals surface area contributed by atoms with E-state index in [1.54, 1.807) is 11.0 Å². The predicted octanol–water partition coefficient (Wildman–Crippen LogP) is 0.615. The van der Waals surface area contributed by atoms with Crippen LogP contribution in [0.5, 0.6) is 0 Å². The van der Waals surface area contributed by atoms with E-state index >= 15 is 0 Å². The summed E-state index contributed by atoms with van der Waals surface area (Å²) in [7, 11) is 0. The minimum Gasteiger partial charge on any atom is -0.393 e. The van der Waals surface area contributed by atoms with Gasteiger partial charge < -0.3 is 10.6 Å². The van der Waals surface area contributed by atoms with Gasteiger partial charge in [0.25, 0.3) is 5.91 Å². The molecule has 0 saturated carbocycles. The van der Waals surface area contributed by atoms with Crippen molar-refractivity contribution in [2.24, 2.45) is 11.7 Å². The number of likely N-dealkylation sites (tertiary alicyclic amines) is 1. The van der Waals surface area contributed by atoms with Gasteiger partial charge in [0.1, 0.15) is 0 Å². The normalized spacial score (nSPS) is 20.0. The number of rotatable bonds is 2. The van der Waals surface area contributed by atoms with Crippen molar-refractivity contribution in [2.45, 2.75) is 12.8 Å². The zero-order chi connectivity index (χ0) is 12.3. The molecule has 1 aromatic heterocycles. The highest BCUT2D eigenvalue weighted by Gasteiger charge is 2.25. The Kier molecular flexibility index (Phi) is 3.63. The van der Waals surface area contributed by atoms with Crippen molar-refractivity contribution in [1.29, 1.82) is 0 Å². The zero-order valence-electron chi connectivity index (χ0n) is 9.37. The van der Waals surface area contributed by atoms with Gasteiger partial charge in [-0.3, -0.25) is 4.79 Å². The Hall–Kier alpha value is -1.56. The number of hydrogen-bond acceptors (Lipinski definition) is 4. The molecule has 1 unspecified atom stereocenters. The van der Waals surface area contributed by atoms with Gasteiger partial charge in [-0.1, -0.05) is 12.2 Å². The number of nitrogens with zero attached hydrogens (tertiary/aromatic N) is 3. The van der Waals surface area contributed by atoms with Crippen LogP contribution in [0.1, 0.15) is 23.2 Å². The molecule has 2 rings (SSSR count). The van der Waals surface area contributed by atoms with Crippen LogP contribution in [0.25, 0.3) is 0 Å². The molecule has 0 aliphatic carbocycles. The lowest BCUT2D eigenvalue weighted by Crippen LogP contribution is -2.43. The molecule has 17 heavy (non-hydrogen) atoms. The molecule has 1 saturated heterocycles. The van der Waals surface area contributed by atoms with Crippen molar-refractivity contribution in [2.75, 3.05) is 13.1 Å². The van der Waals surface area contributed by atoms with Gasteiger partial charge in [-0.15, -0.1) is 0 Å². The zero-order valence-corrected chi connectivity index (χ0v) is 10.2. The first-order chi connectivity index (χ1) is 8.18. The molecule has 0 aromatic carbocycles. The highest BCUT2D eigenvalue weighted by molar-refractivity contribution is 7.80. The van der Waals surface area contributed by atoms with Gasteiger partial charge in [-0.05, 0) is 18.9 Å². The number of hydrogen-bond donors (Lipinski definition) is 1. The first kappa shape index (κ1) is 11.9. The van der Waals surface area contributed by atoms with Crippen LogP contribution in [0.15, 0.2) is 18.5 Å². The van der Waals surface area contributed by atoms with E-state index in [1.165, 1.54) is 12.4 Å². The van der Waals surface area contributed by atoms with Crippen LogP contribution < -0.4 is 5.73 Å². The summed E-state index contributed by atoms with van der Waals surface area (Å²) < 4.78 is 0. The summed E-state index contributed by atoms with van der Waals surface area (Å²) in [5.74, 6) is 0.110. The molecule has 5 nitrogen and oxygen atoms in total. The SMILES string of the molecule is NC(=S)C1CCCN(C(=O)c2ccnnc2)C1. The largest absolute Gasteiger partial charge is 0.393 e. The Labute approximate surface area is 105 Å². The fourth-order valence-corrected chi connectivity index (χ4v) is 2.19. The highest BCUT2D eigenvalue weighted by Crippen LogP contribution is 2.18. The standard InChI is InChI=1S/C11H14N4OS/c12-10(17)9-2-1-5-15(7-9)11(16)8-3-4-13-14-6-8/h3-4,6,9H,1-2,5,7H2,(H2,12,17). The van der Waals surface area contributed by atoms with E-state index < -0.39 is 0 Å². The van der Waals surface area contributed by atoms with E-state index in [1.807, 2.05) is 0 Å². The minimum absolute atomic E-state index is 0.0270. The van der Waals surface area contributed by atoms with E-state index in [4.69, 9.17) is 18.0 Å². The van der Waals surface area contributed by atoms with Crippen molar-refractivity contribution in [3.05, 3.63) is 24.0 Å². The first-order valence-electron chi connectivity index (χ1n) is 5.54. The second-order valence-corrected chi connectivity index (χ2v) is 4.60. The summed E-state index contributed by atoms with van der Waals surface area (Å²) in [6.07, 6.45) is 4.90. The van der Waals surface area contributed by atoms with E-state index in [2.05, 4.69) is 10.2 Å². The second kappa shape index (κ2) is 5.18. The average Bonchev–Trinajstić information content (AvgIpc) is 2.39. The lowest BCUT2D eigenvalue weighted by Gasteiger charge is -2.32. The fourth-order valence-electron chi connectivity index (χ4n) is 1.99. The summed E-state index contributed by atoms with van der Waals surface area (Å²) in [5.41, 5.74) is 6.20. The second-order valence-electron chi connectivity index (χ2n) is 4.12. The van der Waals surface area contributed by atoms with Gasteiger partial charge >= 0.3 is 0 Å². The van der Waals surface area contributed by atoms with Crippen molar-refractivity contribution < 1.29 is 4.79 Å². The summed E-state index contributed by atoms with van der Waals surface area (Å²) in [6.45, 7) is 1.36. The minimum atomic E-state index is -0.0270. The van der Waals surface area contributed by atoms with E-state index in [0.717, 1.165) is 19.4 Å². The van der Waals surface area contributed by atoms with Crippen LogP contribution in [-0.4, -0.2) is 39.1 Å². The number of carbonyl (C=O) groups excluding carboxylic acids is 1. The molecule has 1 aromatic rings. The third-order valence-electron chi connectivity index (χ3n) is 2.94. The lowest BCUT2D eigenvalue weighted by molar-refractivity contribution is 0.0703. The van der Waals surface area contributed by atoms with Gasteiger partial charge in [0, 0.05) is 19.0 Å². The summed E-state index contributed by atoms with van der Waals surface area (Å²) in [6, 6.07) is 1.67. The van der Waals surface area contributed by atoms with E-state index in [-0.39, 0.29) is 11.8 Å². The Morgan fingerprint density at radius 1 is 1.53 bits per heavy atom. The number of aromatic nitrogens is 2. The van der Waals surface area contributed by atoms with Gasteiger partial charge in [0.05, 0.1) is 22.9 Å². The molecular formula is C11H14N4OS. The van der Waals surface area contributed by atoms with Gasteiger partial charge in [-0.2, -0.15) is 10.2 Å². The monoisotopic (exact) mass is 250 g/mol. The summed E-state index contributed by atoms with van der Waals surface area (Å²) in [4.78, 5) is 14.4. The Bertz CT molecular complexity index is 423. The summed E-state index contributed by atoms with van der Waals surface area (Å²) in [5, 5.41) is 7.36. The molecule has 1 aliphatic rings. The fraction of sp³-hybridized carbons (Fsp3) is 0.455. The molecule has 6 heteroatoms. The Morgan fingerprint density at radius 2 is 2.35 bits per heavy atom. The predicted molar refractivity (Wildman–Crippen MR) is 67.4 cm³/mol. The molecule has 2 N–H and O–H groups in total. The maximum absolute atomic E-state index is 12.1. The van der Waals surface area contributed by atoms with Crippen molar-refractivity contribution in [3.8, 4) is 0 Å². The topological polar surface area (TPSA) is 72.1 Å². The van der Waals surface area contributed by atoms with Crippen molar-refractivity contribution in [3.63, 3.8) is 0 Å². The quantitative estimate of drug-likeness (QED) is 0.779. The molecule has 90 valence electrons.